The maximum atomic E-state index is 5.25. The quantitative estimate of drug-likeness (QED) is 0.118. The van der Waals surface area contributed by atoms with E-state index in [0.717, 1.165) is 85.0 Å². The summed E-state index contributed by atoms with van der Waals surface area (Å²) in [5, 5.41) is 0. The number of benzene rings is 6. The van der Waals surface area contributed by atoms with E-state index in [-0.39, 0.29) is 20.1 Å². The van der Waals surface area contributed by atoms with Crippen LogP contribution in [0.4, 0.5) is 0 Å². The SMILES string of the molecule is C[n+]1[c-]n(-c2[c-]cccc2)cc1Cc1ccc2c(c1)n1c3c(-c4cc[c-]c(-c5ccccn5)c4)cccc3nc1n2-c1ccccc1.[Ir].[c-]1ccccc1-c1ccccn1. The van der Waals surface area contributed by atoms with E-state index in [2.05, 4.69) is 127 Å². The Labute approximate surface area is 361 Å². The molecule has 0 spiro atoms. The fourth-order valence-corrected chi connectivity index (χ4v) is 7.61. The zero-order valence-corrected chi connectivity index (χ0v) is 35.0. The third-order valence-corrected chi connectivity index (χ3v) is 10.4. The number of para-hydroxylation sites is 3. The molecule has 0 aliphatic heterocycles. The van der Waals surface area contributed by atoms with Crippen molar-refractivity contribution in [3.8, 4) is 45.0 Å². The Kier molecular flexibility index (Phi) is 10.8. The molecule has 0 unspecified atom stereocenters. The van der Waals surface area contributed by atoms with Crippen LogP contribution in [0.3, 0.4) is 0 Å². The van der Waals surface area contributed by atoms with E-state index in [0.29, 0.717) is 0 Å². The molecule has 60 heavy (non-hydrogen) atoms. The van der Waals surface area contributed by atoms with Gasteiger partial charge in [0.15, 0.2) is 0 Å². The average Bonchev–Trinajstić information content (AvgIpc) is 3.98. The first-order chi connectivity index (χ1) is 29.2. The van der Waals surface area contributed by atoms with Crippen LogP contribution in [0.25, 0.3) is 72.9 Å². The number of rotatable bonds is 7. The predicted molar refractivity (Wildman–Crippen MR) is 233 cm³/mol. The molecule has 0 amide bonds. The van der Waals surface area contributed by atoms with Crippen molar-refractivity contribution in [1.29, 1.82) is 0 Å². The smallest absolute Gasteiger partial charge is 0.241 e. The molecule has 5 heterocycles. The van der Waals surface area contributed by atoms with Gasteiger partial charge < -0.3 is 19.1 Å². The molecule has 7 nitrogen and oxygen atoms in total. The van der Waals surface area contributed by atoms with Gasteiger partial charge in [0.25, 0.3) is 0 Å². The molecule has 11 aromatic rings. The van der Waals surface area contributed by atoms with Gasteiger partial charge in [0.2, 0.25) is 12.1 Å². The zero-order chi connectivity index (χ0) is 39.5. The van der Waals surface area contributed by atoms with E-state index in [1.165, 1.54) is 5.56 Å². The van der Waals surface area contributed by atoms with Crippen molar-refractivity contribution in [2.75, 3.05) is 0 Å². The molecule has 0 fully saturated rings. The van der Waals surface area contributed by atoms with Gasteiger partial charge in [-0.1, -0.05) is 71.9 Å². The van der Waals surface area contributed by atoms with Crippen molar-refractivity contribution in [2.24, 2.45) is 7.05 Å². The summed E-state index contributed by atoms with van der Waals surface area (Å²) in [5.41, 5.74) is 14.7. The molecule has 11 rings (SSSR count). The van der Waals surface area contributed by atoms with Gasteiger partial charge in [-0.15, -0.1) is 65.7 Å². The summed E-state index contributed by atoms with van der Waals surface area (Å²) < 4.78 is 8.65. The molecule has 6 aromatic carbocycles. The van der Waals surface area contributed by atoms with E-state index >= 15 is 0 Å². The molecule has 291 valence electrons. The first-order valence-electron chi connectivity index (χ1n) is 19.5. The molecule has 0 aliphatic rings. The zero-order valence-electron chi connectivity index (χ0n) is 32.6. The number of aromatic nitrogens is 7. The number of pyridine rings is 2. The van der Waals surface area contributed by atoms with Gasteiger partial charge in [0.05, 0.1) is 29.1 Å². The Hall–Kier alpha value is -7.25. The second kappa shape index (κ2) is 16.9. The van der Waals surface area contributed by atoms with Crippen molar-refractivity contribution < 1.29 is 24.7 Å². The van der Waals surface area contributed by atoms with E-state index in [1.54, 1.807) is 6.20 Å². The maximum Gasteiger partial charge on any atom is 0.241 e. The van der Waals surface area contributed by atoms with E-state index in [4.69, 9.17) is 4.98 Å². The number of fused-ring (bicyclic) bond motifs is 5. The fraction of sp³-hybridized carbons (Fsp3) is 0.0385. The van der Waals surface area contributed by atoms with Crippen molar-refractivity contribution in [1.82, 2.24) is 28.5 Å². The van der Waals surface area contributed by atoms with Gasteiger partial charge in [-0.25, -0.2) is 4.98 Å². The summed E-state index contributed by atoms with van der Waals surface area (Å²) in [6, 6.07) is 67.3. The number of hydrogen-bond acceptors (Lipinski definition) is 3. The Morgan fingerprint density at radius 2 is 1.35 bits per heavy atom. The minimum Gasteiger partial charge on any atom is -0.348 e. The molecule has 0 bridgehead atoms. The van der Waals surface area contributed by atoms with Crippen LogP contribution in [-0.2, 0) is 33.6 Å². The summed E-state index contributed by atoms with van der Waals surface area (Å²) in [5.74, 6) is 0.878. The third kappa shape index (κ3) is 7.46. The molecule has 8 heteroatoms. The topological polar surface area (TPSA) is 56.8 Å². The van der Waals surface area contributed by atoms with Gasteiger partial charge >= 0.3 is 0 Å². The fourth-order valence-electron chi connectivity index (χ4n) is 7.61. The minimum absolute atomic E-state index is 0. The summed E-state index contributed by atoms with van der Waals surface area (Å²) in [7, 11) is 2.05. The van der Waals surface area contributed by atoms with Crippen LogP contribution in [0, 0.1) is 24.5 Å². The Balaban J connectivity index is 0.000000306. The van der Waals surface area contributed by atoms with Crippen LogP contribution in [-0.4, -0.2) is 28.5 Å². The number of nitrogens with zero attached hydrogens (tertiary/aromatic N) is 7. The average molecular weight is 951 g/mol. The molecule has 1 radical (unpaired) electrons. The van der Waals surface area contributed by atoms with Gasteiger partial charge in [-0.05, 0) is 71.4 Å². The van der Waals surface area contributed by atoms with Gasteiger partial charge in [0, 0.05) is 50.1 Å². The monoisotopic (exact) mass is 951 g/mol. The molecule has 0 saturated carbocycles. The molecule has 0 aliphatic carbocycles. The molecule has 0 saturated heterocycles. The van der Waals surface area contributed by atoms with Crippen LogP contribution < -0.4 is 4.57 Å². The van der Waals surface area contributed by atoms with E-state index < -0.39 is 0 Å². The Morgan fingerprint density at radius 3 is 2.08 bits per heavy atom. The second-order valence-electron chi connectivity index (χ2n) is 14.2. The van der Waals surface area contributed by atoms with Gasteiger partial charge in [-0.2, -0.15) is 30.3 Å². The summed E-state index contributed by atoms with van der Waals surface area (Å²) in [6.45, 7) is 0. The van der Waals surface area contributed by atoms with Crippen LogP contribution in [0.15, 0.2) is 188 Å². The molecule has 5 aromatic heterocycles. The molecular formula is C52H36IrN7-3. The largest absolute Gasteiger partial charge is 0.348 e. The summed E-state index contributed by atoms with van der Waals surface area (Å²) in [4.78, 5) is 14.0. The molecule has 0 atom stereocenters. The van der Waals surface area contributed by atoms with Crippen LogP contribution in [0.5, 0.6) is 0 Å². The first-order valence-corrected chi connectivity index (χ1v) is 19.5. The predicted octanol–water partition coefficient (Wildman–Crippen LogP) is 10.3. The number of aryl methyl sites for hydroxylation is 1. The Bertz CT molecular complexity index is 3140. The van der Waals surface area contributed by atoms with Crippen molar-refractivity contribution in [2.45, 2.75) is 6.42 Å². The summed E-state index contributed by atoms with van der Waals surface area (Å²) in [6.07, 6.45) is 9.91. The van der Waals surface area contributed by atoms with Crippen LogP contribution >= 0.6 is 0 Å². The van der Waals surface area contributed by atoms with Crippen molar-refractivity contribution in [3.63, 3.8) is 0 Å². The minimum atomic E-state index is 0. The van der Waals surface area contributed by atoms with Gasteiger partial charge in [0.1, 0.15) is 0 Å². The first kappa shape index (κ1) is 38.3. The van der Waals surface area contributed by atoms with Crippen LogP contribution in [0.1, 0.15) is 11.3 Å². The normalized spacial score (nSPS) is 11.0. The van der Waals surface area contributed by atoms with E-state index in [1.807, 2.05) is 115 Å². The Morgan fingerprint density at radius 1 is 0.617 bits per heavy atom. The van der Waals surface area contributed by atoms with Crippen molar-refractivity contribution in [3.05, 3.63) is 224 Å². The summed E-state index contributed by atoms with van der Waals surface area (Å²) >= 11 is 0. The van der Waals surface area contributed by atoms with Crippen LogP contribution in [0.2, 0.25) is 0 Å². The number of hydrogen-bond donors (Lipinski definition) is 0. The van der Waals surface area contributed by atoms with Crippen molar-refractivity contribution >= 4 is 27.8 Å². The standard InChI is InChI=1S/C41H28N6.C11H8N.Ir/c1-44-28-45(32-14-4-2-5-15-32)27-34(44)24-29-21-22-38-39(25-29)47-40-35(30-12-10-13-31(26-30)36-19-8-9-23-42-36)18-11-20-37(40)43-41(47)46(38)33-16-6-3-7-17-33;1-2-6-10(7-3-1)11-8-4-5-9-12-11;/h2-12,14,16-23,25-27H,24H2,1H3;1-6,8-9H;/q-2;-1;. The third-order valence-electron chi connectivity index (χ3n) is 10.4. The maximum absolute atomic E-state index is 5.25. The molecular weight excluding hydrogens is 915 g/mol. The second-order valence-corrected chi connectivity index (χ2v) is 14.2. The van der Waals surface area contributed by atoms with E-state index in [9.17, 15) is 0 Å². The number of imidazole rings is 3. The molecule has 0 N–H and O–H groups in total. The van der Waals surface area contributed by atoms with Gasteiger partial charge in [-0.3, -0.25) is 8.97 Å².